The Morgan fingerprint density at radius 1 is 1.04 bits per heavy atom. The average Bonchev–Trinajstić information content (AvgIpc) is 3.01. The number of aryl methyl sites for hydroxylation is 2. The monoisotopic (exact) mass is 399 g/mol. The van der Waals surface area contributed by atoms with Crippen LogP contribution in [0.3, 0.4) is 0 Å². The van der Waals surface area contributed by atoms with Gasteiger partial charge in [-0.15, -0.1) is 0 Å². The van der Waals surface area contributed by atoms with Crippen LogP contribution in [0.15, 0.2) is 64.0 Å². The van der Waals surface area contributed by atoms with Crippen LogP contribution in [0.25, 0.3) is 0 Å². The summed E-state index contributed by atoms with van der Waals surface area (Å²) in [6.07, 6.45) is 0. The summed E-state index contributed by atoms with van der Waals surface area (Å²) >= 11 is 0. The molecule has 0 saturated carbocycles. The van der Waals surface area contributed by atoms with E-state index in [1.54, 1.807) is 19.1 Å². The number of aromatic nitrogens is 1. The average molecular weight is 399 g/mol. The van der Waals surface area contributed by atoms with Gasteiger partial charge in [0.15, 0.2) is 10.7 Å². The number of sulfonamides is 1. The van der Waals surface area contributed by atoms with Gasteiger partial charge in [-0.3, -0.25) is 9.52 Å². The quantitative estimate of drug-likeness (QED) is 0.660. The van der Waals surface area contributed by atoms with Crippen LogP contribution >= 0.6 is 0 Å². The van der Waals surface area contributed by atoms with Crippen LogP contribution in [0, 0.1) is 13.8 Å². The van der Waals surface area contributed by atoms with Gasteiger partial charge in [0.05, 0.1) is 6.04 Å². The molecule has 0 spiro atoms. The van der Waals surface area contributed by atoms with Gasteiger partial charge in [0, 0.05) is 11.3 Å². The Morgan fingerprint density at radius 2 is 1.68 bits per heavy atom. The largest absolute Gasteiger partial charge is 0.360 e. The van der Waals surface area contributed by atoms with Crippen molar-refractivity contribution in [2.75, 3.05) is 4.72 Å². The van der Waals surface area contributed by atoms with E-state index < -0.39 is 10.0 Å². The Bertz CT molecular complexity index is 1050. The molecule has 8 heteroatoms. The molecule has 1 aromatic heterocycles. The van der Waals surface area contributed by atoms with Gasteiger partial charge >= 0.3 is 0 Å². The summed E-state index contributed by atoms with van der Waals surface area (Å²) in [6.45, 7) is 5.00. The molecule has 3 rings (SSSR count). The number of hydrogen-bond acceptors (Lipinski definition) is 5. The number of amides is 1. The van der Waals surface area contributed by atoms with Crippen molar-refractivity contribution in [3.63, 3.8) is 0 Å². The third-order valence-electron chi connectivity index (χ3n) is 4.28. The standard InChI is InChI=1S/C20H21N3O4S/c1-13(16-7-5-4-6-8-16)21-20(24)17-9-11-18(12-10-17)23-28(25,26)19-14(2)22-27-15(19)3/h4-13,23H,1-3H3,(H,21,24). The Kier molecular flexibility index (Phi) is 5.51. The molecule has 0 radical (unpaired) electrons. The van der Waals surface area contributed by atoms with Crippen molar-refractivity contribution in [2.45, 2.75) is 31.7 Å². The fraction of sp³-hybridized carbons (Fsp3) is 0.200. The van der Waals surface area contributed by atoms with E-state index in [1.807, 2.05) is 37.3 Å². The first kappa shape index (κ1) is 19.6. The van der Waals surface area contributed by atoms with Gasteiger partial charge in [0.1, 0.15) is 5.69 Å². The highest BCUT2D eigenvalue weighted by Gasteiger charge is 2.24. The third-order valence-corrected chi connectivity index (χ3v) is 5.91. The number of carbonyl (C=O) groups is 1. The Labute approximate surface area is 163 Å². The first-order chi connectivity index (χ1) is 13.3. The van der Waals surface area contributed by atoms with Crippen LogP contribution < -0.4 is 10.0 Å². The highest BCUT2D eigenvalue weighted by atomic mass is 32.2. The van der Waals surface area contributed by atoms with Gasteiger partial charge < -0.3 is 9.84 Å². The van der Waals surface area contributed by atoms with Crippen LogP contribution in [0.2, 0.25) is 0 Å². The molecule has 28 heavy (non-hydrogen) atoms. The molecule has 146 valence electrons. The predicted molar refractivity (Wildman–Crippen MR) is 106 cm³/mol. The minimum absolute atomic E-state index is 0.0194. The van der Waals surface area contributed by atoms with Crippen LogP contribution in [0.5, 0.6) is 0 Å². The molecule has 0 aliphatic rings. The van der Waals surface area contributed by atoms with Gasteiger partial charge in [0.25, 0.3) is 15.9 Å². The van der Waals surface area contributed by atoms with E-state index in [0.717, 1.165) is 5.56 Å². The molecule has 7 nitrogen and oxygen atoms in total. The summed E-state index contributed by atoms with van der Waals surface area (Å²) in [6, 6.07) is 15.7. The lowest BCUT2D eigenvalue weighted by Gasteiger charge is -2.14. The minimum atomic E-state index is -3.83. The van der Waals surface area contributed by atoms with Crippen molar-refractivity contribution < 1.29 is 17.7 Å². The Balaban J connectivity index is 1.70. The zero-order valence-corrected chi connectivity index (χ0v) is 16.6. The zero-order chi connectivity index (χ0) is 20.3. The first-order valence-corrected chi connectivity index (χ1v) is 10.2. The predicted octanol–water partition coefficient (Wildman–Crippen LogP) is 3.58. The number of rotatable bonds is 6. The fourth-order valence-corrected chi connectivity index (χ4v) is 4.25. The van der Waals surface area contributed by atoms with E-state index in [4.69, 9.17) is 4.52 Å². The first-order valence-electron chi connectivity index (χ1n) is 8.69. The van der Waals surface area contributed by atoms with E-state index in [-0.39, 0.29) is 28.3 Å². The smallest absolute Gasteiger partial charge is 0.267 e. The van der Waals surface area contributed by atoms with E-state index in [9.17, 15) is 13.2 Å². The molecule has 1 heterocycles. The normalized spacial score (nSPS) is 12.4. The molecule has 0 aliphatic heterocycles. The molecule has 0 aliphatic carbocycles. The summed E-state index contributed by atoms with van der Waals surface area (Å²) in [5.41, 5.74) is 2.06. The zero-order valence-electron chi connectivity index (χ0n) is 15.8. The van der Waals surface area contributed by atoms with E-state index >= 15 is 0 Å². The topological polar surface area (TPSA) is 101 Å². The number of nitrogens with one attached hydrogen (secondary N) is 2. The second-order valence-electron chi connectivity index (χ2n) is 6.44. The molecule has 0 saturated heterocycles. The molecular weight excluding hydrogens is 378 g/mol. The van der Waals surface area contributed by atoms with Crippen LogP contribution in [-0.2, 0) is 10.0 Å². The van der Waals surface area contributed by atoms with E-state index in [1.165, 1.54) is 19.1 Å². The highest BCUT2D eigenvalue weighted by Crippen LogP contribution is 2.22. The van der Waals surface area contributed by atoms with Crippen molar-refractivity contribution in [1.82, 2.24) is 10.5 Å². The summed E-state index contributed by atoms with van der Waals surface area (Å²) in [4.78, 5) is 12.5. The van der Waals surface area contributed by atoms with Gasteiger partial charge in [-0.25, -0.2) is 8.42 Å². The lowest BCUT2D eigenvalue weighted by molar-refractivity contribution is 0.0940. The lowest BCUT2D eigenvalue weighted by Crippen LogP contribution is -2.26. The molecule has 0 fully saturated rings. The van der Waals surface area contributed by atoms with Gasteiger partial charge in [-0.05, 0) is 50.6 Å². The highest BCUT2D eigenvalue weighted by molar-refractivity contribution is 7.92. The SMILES string of the molecule is Cc1noc(C)c1S(=O)(=O)Nc1ccc(C(=O)NC(C)c2ccccc2)cc1. The number of anilines is 1. The summed E-state index contributed by atoms with van der Waals surface area (Å²) in [5, 5.41) is 6.59. The van der Waals surface area contributed by atoms with Crippen molar-refractivity contribution in [3.05, 3.63) is 77.2 Å². The maximum Gasteiger partial charge on any atom is 0.267 e. The van der Waals surface area contributed by atoms with E-state index in [0.29, 0.717) is 11.3 Å². The third kappa shape index (κ3) is 4.23. The Hall–Kier alpha value is -3.13. The maximum atomic E-state index is 12.5. The fourth-order valence-electron chi connectivity index (χ4n) is 2.86. The van der Waals surface area contributed by atoms with E-state index in [2.05, 4.69) is 15.2 Å². The minimum Gasteiger partial charge on any atom is -0.360 e. The van der Waals surface area contributed by atoms with Gasteiger partial charge in [-0.2, -0.15) is 0 Å². The van der Waals surface area contributed by atoms with Crippen molar-refractivity contribution in [2.24, 2.45) is 0 Å². The Morgan fingerprint density at radius 3 is 2.25 bits per heavy atom. The summed E-state index contributed by atoms with van der Waals surface area (Å²) in [5.74, 6) is -0.0209. The van der Waals surface area contributed by atoms with Gasteiger partial charge in [0.2, 0.25) is 0 Å². The molecule has 1 unspecified atom stereocenters. The summed E-state index contributed by atoms with van der Waals surface area (Å²) in [7, 11) is -3.83. The number of hydrogen-bond donors (Lipinski definition) is 2. The van der Waals surface area contributed by atoms with Crippen LogP contribution in [-0.4, -0.2) is 19.5 Å². The van der Waals surface area contributed by atoms with Crippen LogP contribution in [0.4, 0.5) is 5.69 Å². The number of benzene rings is 2. The number of nitrogens with zero attached hydrogens (tertiary/aromatic N) is 1. The molecule has 2 aromatic carbocycles. The molecule has 3 aromatic rings. The second kappa shape index (κ2) is 7.85. The van der Waals surface area contributed by atoms with Crippen molar-refractivity contribution >= 4 is 21.6 Å². The molecule has 2 N–H and O–H groups in total. The summed E-state index contributed by atoms with van der Waals surface area (Å²) < 4.78 is 32.5. The molecule has 1 amide bonds. The van der Waals surface area contributed by atoms with Gasteiger partial charge in [-0.1, -0.05) is 35.5 Å². The van der Waals surface area contributed by atoms with Crippen molar-refractivity contribution in [1.29, 1.82) is 0 Å². The number of carbonyl (C=O) groups excluding carboxylic acids is 1. The van der Waals surface area contributed by atoms with Crippen molar-refractivity contribution in [3.8, 4) is 0 Å². The lowest BCUT2D eigenvalue weighted by atomic mass is 10.1. The maximum absolute atomic E-state index is 12.5. The molecular formula is C20H21N3O4S. The van der Waals surface area contributed by atoms with Crippen LogP contribution in [0.1, 0.15) is 40.3 Å². The molecule has 1 atom stereocenters. The molecule has 0 bridgehead atoms. The second-order valence-corrected chi connectivity index (χ2v) is 8.06.